The lowest BCUT2D eigenvalue weighted by Gasteiger charge is -2.22. The molecule has 0 heterocycles. The first kappa shape index (κ1) is 35.0. The SMILES string of the molecule is O=P(Oc1cccc(OP(=O)(Oc2cccc3ccccc23)Oc2cccc3ccccc23)c1)(Oc1cccc2ccccc12)Oc1cccc2ccccc12. The minimum absolute atomic E-state index is 0.0492. The summed E-state index contributed by atoms with van der Waals surface area (Å²) in [7, 11) is -9.03. The second-order valence-electron chi connectivity index (χ2n) is 12.8. The van der Waals surface area contributed by atoms with Crippen molar-refractivity contribution in [3.63, 3.8) is 0 Å². The summed E-state index contributed by atoms with van der Waals surface area (Å²) in [4.78, 5) is 0. The summed E-state index contributed by atoms with van der Waals surface area (Å²) in [6, 6.07) is 58.2. The first-order valence-corrected chi connectivity index (χ1v) is 20.7. The third-order valence-electron chi connectivity index (χ3n) is 9.08. The van der Waals surface area contributed by atoms with Crippen molar-refractivity contribution in [1.29, 1.82) is 0 Å². The molecule has 0 saturated heterocycles. The topological polar surface area (TPSA) is 89.5 Å². The van der Waals surface area contributed by atoms with E-state index < -0.39 is 15.6 Å². The van der Waals surface area contributed by atoms with Gasteiger partial charge in [0.2, 0.25) is 0 Å². The number of hydrogen-bond acceptors (Lipinski definition) is 8. The van der Waals surface area contributed by atoms with Crippen molar-refractivity contribution in [3.05, 3.63) is 194 Å². The summed E-state index contributed by atoms with van der Waals surface area (Å²) in [6.07, 6.45) is 0. The molecule has 0 bridgehead atoms. The molecular weight excluding hydrogens is 742 g/mol. The molecule has 10 heteroatoms. The number of rotatable bonds is 12. The van der Waals surface area contributed by atoms with Crippen molar-refractivity contribution in [2.24, 2.45) is 0 Å². The second-order valence-corrected chi connectivity index (χ2v) is 15.7. The standard InChI is InChI=1S/C46H32O8P2/c47-55(51-43-28-9-18-33-14-1-5-24-39(33)43,52-44-29-10-19-34-15-2-6-25-40(34)44)49-37-22-13-23-38(32-37)50-56(48,53-45-30-11-20-35-16-3-7-26-41(35)45)54-46-31-12-21-36-17-4-8-27-42(36)46/h1-32H. The van der Waals surface area contributed by atoms with Crippen LogP contribution in [-0.2, 0) is 9.13 Å². The van der Waals surface area contributed by atoms with Gasteiger partial charge in [0.15, 0.2) is 0 Å². The van der Waals surface area contributed by atoms with Crippen molar-refractivity contribution in [1.82, 2.24) is 0 Å². The number of phosphoric acid groups is 2. The fraction of sp³-hybridized carbons (Fsp3) is 0. The Kier molecular flexibility index (Phi) is 9.28. The maximum atomic E-state index is 14.9. The van der Waals surface area contributed by atoms with E-state index in [-0.39, 0.29) is 11.5 Å². The van der Waals surface area contributed by atoms with Gasteiger partial charge in [-0.15, -0.1) is 0 Å². The molecule has 0 fully saturated rings. The lowest BCUT2D eigenvalue weighted by Crippen LogP contribution is -2.09. The molecule has 274 valence electrons. The highest BCUT2D eigenvalue weighted by Crippen LogP contribution is 2.55. The molecule has 9 aromatic carbocycles. The molecule has 56 heavy (non-hydrogen) atoms. The maximum absolute atomic E-state index is 14.9. The maximum Gasteiger partial charge on any atom is 0.647 e. The Balaban J connectivity index is 1.09. The average Bonchev–Trinajstić information content (AvgIpc) is 3.21. The Hall–Kier alpha value is -6.72. The van der Waals surface area contributed by atoms with Gasteiger partial charge in [-0.05, 0) is 57.9 Å². The zero-order chi connectivity index (χ0) is 38.0. The highest BCUT2D eigenvalue weighted by Gasteiger charge is 2.37. The summed E-state index contributed by atoms with van der Waals surface area (Å²) in [6.45, 7) is 0. The van der Waals surface area contributed by atoms with Crippen LogP contribution < -0.4 is 27.1 Å². The molecule has 0 radical (unpaired) electrons. The van der Waals surface area contributed by atoms with Crippen LogP contribution in [0.3, 0.4) is 0 Å². The van der Waals surface area contributed by atoms with Crippen molar-refractivity contribution in [2.75, 3.05) is 0 Å². The Morgan fingerprint density at radius 2 is 0.518 bits per heavy atom. The predicted molar refractivity (Wildman–Crippen MR) is 221 cm³/mol. The second kappa shape index (κ2) is 14.8. The lowest BCUT2D eigenvalue weighted by molar-refractivity contribution is 0.297. The van der Waals surface area contributed by atoms with E-state index in [1.165, 1.54) is 6.07 Å². The molecule has 8 nitrogen and oxygen atoms in total. The van der Waals surface area contributed by atoms with Crippen LogP contribution in [0.5, 0.6) is 34.5 Å². The summed E-state index contributed by atoms with van der Waals surface area (Å²) < 4.78 is 67.1. The summed E-state index contributed by atoms with van der Waals surface area (Å²) in [5, 5.41) is 6.39. The third-order valence-corrected chi connectivity index (χ3v) is 11.6. The minimum atomic E-state index is -4.52. The van der Waals surface area contributed by atoms with Crippen LogP contribution in [0.4, 0.5) is 0 Å². The molecule has 9 aromatic rings. The van der Waals surface area contributed by atoms with E-state index >= 15 is 0 Å². The van der Waals surface area contributed by atoms with Crippen LogP contribution in [0, 0.1) is 0 Å². The molecule has 0 amide bonds. The highest BCUT2D eigenvalue weighted by atomic mass is 31.2. The van der Waals surface area contributed by atoms with Crippen molar-refractivity contribution in [2.45, 2.75) is 0 Å². The largest absolute Gasteiger partial charge is 0.647 e. The van der Waals surface area contributed by atoms with E-state index in [9.17, 15) is 9.13 Å². The molecule has 0 aliphatic heterocycles. The molecule has 0 aliphatic carbocycles. The fourth-order valence-corrected chi connectivity index (χ4v) is 9.11. The fourth-order valence-electron chi connectivity index (χ4n) is 6.54. The lowest BCUT2D eigenvalue weighted by atomic mass is 10.1. The van der Waals surface area contributed by atoms with Crippen molar-refractivity contribution < 1.29 is 36.3 Å². The van der Waals surface area contributed by atoms with Gasteiger partial charge in [-0.25, -0.2) is 0 Å². The van der Waals surface area contributed by atoms with Gasteiger partial charge in [0.25, 0.3) is 0 Å². The zero-order valence-corrected chi connectivity index (χ0v) is 31.4. The Bertz CT molecular complexity index is 2600. The van der Waals surface area contributed by atoms with Gasteiger partial charge in [0.05, 0.1) is 0 Å². The van der Waals surface area contributed by atoms with Crippen LogP contribution in [0.15, 0.2) is 194 Å². The first-order valence-electron chi connectivity index (χ1n) is 17.8. The molecule has 0 atom stereocenters. The normalized spacial score (nSPS) is 11.7. The highest BCUT2D eigenvalue weighted by molar-refractivity contribution is 7.50. The molecule has 0 unspecified atom stereocenters. The number of fused-ring (bicyclic) bond motifs is 4. The van der Waals surface area contributed by atoms with Gasteiger partial charge in [-0.1, -0.05) is 152 Å². The molecular formula is C46H32O8P2. The quantitative estimate of drug-likeness (QED) is 0.113. The van der Waals surface area contributed by atoms with E-state index in [1.807, 2.05) is 121 Å². The first-order chi connectivity index (χ1) is 27.4. The van der Waals surface area contributed by atoms with Crippen LogP contribution in [0.2, 0.25) is 0 Å². The third kappa shape index (κ3) is 7.36. The van der Waals surface area contributed by atoms with E-state index in [2.05, 4.69) is 0 Å². The van der Waals surface area contributed by atoms with E-state index in [0.717, 1.165) is 43.1 Å². The summed E-state index contributed by atoms with van der Waals surface area (Å²) in [5.41, 5.74) is 0. The molecule has 0 N–H and O–H groups in total. The van der Waals surface area contributed by atoms with Crippen LogP contribution in [0.1, 0.15) is 0 Å². The molecule has 9 rings (SSSR count). The van der Waals surface area contributed by atoms with Gasteiger partial charge < -0.3 is 27.1 Å². The van der Waals surface area contributed by atoms with Crippen LogP contribution in [0.25, 0.3) is 43.1 Å². The van der Waals surface area contributed by atoms with Gasteiger partial charge in [-0.3, -0.25) is 0 Å². The van der Waals surface area contributed by atoms with Gasteiger partial charge in [0, 0.05) is 27.6 Å². The minimum Gasteiger partial charge on any atom is -0.386 e. The number of phosphoric ester groups is 2. The van der Waals surface area contributed by atoms with E-state index in [4.69, 9.17) is 27.1 Å². The van der Waals surface area contributed by atoms with Crippen molar-refractivity contribution in [3.8, 4) is 34.5 Å². The smallest absolute Gasteiger partial charge is 0.386 e. The molecule has 0 saturated carbocycles. The Morgan fingerprint density at radius 3 is 0.821 bits per heavy atom. The summed E-state index contributed by atoms with van der Waals surface area (Å²) >= 11 is 0. The number of benzene rings is 9. The number of hydrogen-bond donors (Lipinski definition) is 0. The predicted octanol–water partition coefficient (Wildman–Crippen LogP) is 13.6. The van der Waals surface area contributed by atoms with E-state index in [1.54, 1.807) is 66.7 Å². The molecule has 0 aromatic heterocycles. The van der Waals surface area contributed by atoms with Crippen LogP contribution >= 0.6 is 15.6 Å². The van der Waals surface area contributed by atoms with Crippen LogP contribution in [-0.4, -0.2) is 0 Å². The molecule has 0 aliphatic rings. The summed E-state index contributed by atoms with van der Waals surface area (Å²) in [5.74, 6) is 1.30. The molecule has 0 spiro atoms. The van der Waals surface area contributed by atoms with Gasteiger partial charge >= 0.3 is 15.6 Å². The monoisotopic (exact) mass is 774 g/mol. The Morgan fingerprint density at radius 1 is 0.268 bits per heavy atom. The van der Waals surface area contributed by atoms with Crippen molar-refractivity contribution >= 4 is 58.7 Å². The Labute approximate surface area is 322 Å². The zero-order valence-electron chi connectivity index (χ0n) is 29.6. The van der Waals surface area contributed by atoms with E-state index in [0.29, 0.717) is 23.0 Å². The van der Waals surface area contributed by atoms with Gasteiger partial charge in [0.1, 0.15) is 34.5 Å². The average molecular weight is 775 g/mol. The van der Waals surface area contributed by atoms with Gasteiger partial charge in [-0.2, -0.15) is 9.13 Å².